The van der Waals surface area contributed by atoms with Crippen molar-refractivity contribution in [2.45, 2.75) is 71.4 Å². The highest BCUT2D eigenvalue weighted by atomic mass is 16.3. The summed E-state index contributed by atoms with van der Waals surface area (Å²) in [5.74, 6) is -0.0820. The molecule has 26 heavy (non-hydrogen) atoms. The van der Waals surface area contributed by atoms with Crippen LogP contribution >= 0.6 is 0 Å². The van der Waals surface area contributed by atoms with Crippen LogP contribution in [0.4, 0.5) is 0 Å². The lowest BCUT2D eigenvalue weighted by atomic mass is 9.81. The summed E-state index contributed by atoms with van der Waals surface area (Å²) in [5.41, 5.74) is 6.89. The molecule has 1 fully saturated rings. The number of aliphatic hydroxyl groups is 1. The molecule has 0 saturated heterocycles. The first-order valence-electron chi connectivity index (χ1n) is 9.68. The van der Waals surface area contributed by atoms with E-state index in [0.717, 1.165) is 24.8 Å². The van der Waals surface area contributed by atoms with Gasteiger partial charge in [-0.3, -0.25) is 9.59 Å². The second-order valence-electron chi connectivity index (χ2n) is 9.05. The van der Waals surface area contributed by atoms with Gasteiger partial charge in [0.2, 0.25) is 0 Å². The van der Waals surface area contributed by atoms with Gasteiger partial charge in [0.1, 0.15) is 11.9 Å². The third-order valence-electron chi connectivity index (χ3n) is 4.98. The first kappa shape index (κ1) is 20.8. The van der Waals surface area contributed by atoms with Crippen molar-refractivity contribution < 1.29 is 14.7 Å². The van der Waals surface area contributed by atoms with Crippen LogP contribution in [0.2, 0.25) is 0 Å². The van der Waals surface area contributed by atoms with Gasteiger partial charge in [-0.1, -0.05) is 63.9 Å². The van der Waals surface area contributed by atoms with E-state index in [1.54, 1.807) is 0 Å². The molecule has 0 bridgehead atoms. The van der Waals surface area contributed by atoms with Gasteiger partial charge in [-0.2, -0.15) is 0 Å². The van der Waals surface area contributed by atoms with Gasteiger partial charge in [-0.05, 0) is 29.7 Å². The Morgan fingerprint density at radius 3 is 2.31 bits per heavy atom. The number of hydrogen-bond acceptors (Lipinski definition) is 4. The van der Waals surface area contributed by atoms with Crippen molar-refractivity contribution in [2.75, 3.05) is 0 Å². The van der Waals surface area contributed by atoms with E-state index in [9.17, 15) is 14.7 Å². The van der Waals surface area contributed by atoms with E-state index in [0.29, 0.717) is 18.8 Å². The average molecular weight is 360 g/mol. The van der Waals surface area contributed by atoms with Crippen molar-refractivity contribution in [3.8, 4) is 0 Å². The molecule has 1 aromatic carbocycles. The number of nitrogens with two attached hydrogens (primary N) is 1. The van der Waals surface area contributed by atoms with Crippen molar-refractivity contribution in [2.24, 2.45) is 23.0 Å². The molecule has 0 aliphatic heterocycles. The van der Waals surface area contributed by atoms with Gasteiger partial charge in [-0.15, -0.1) is 0 Å². The van der Waals surface area contributed by atoms with E-state index >= 15 is 0 Å². The van der Waals surface area contributed by atoms with Gasteiger partial charge in [-0.25, -0.2) is 0 Å². The Hall–Kier alpha value is -1.52. The largest absolute Gasteiger partial charge is 0.385 e. The summed E-state index contributed by atoms with van der Waals surface area (Å²) >= 11 is 0. The number of ketones is 2. The lowest BCUT2D eigenvalue weighted by molar-refractivity contribution is -0.133. The van der Waals surface area contributed by atoms with Crippen molar-refractivity contribution in [1.82, 2.24) is 0 Å². The van der Waals surface area contributed by atoms with Crippen LogP contribution in [-0.4, -0.2) is 28.8 Å². The minimum absolute atomic E-state index is 0.0413. The molecule has 3 atom stereocenters. The van der Waals surface area contributed by atoms with E-state index in [2.05, 4.69) is 0 Å². The summed E-state index contributed by atoms with van der Waals surface area (Å²) in [6, 6.07) is 9.22. The summed E-state index contributed by atoms with van der Waals surface area (Å²) < 4.78 is 0. The van der Waals surface area contributed by atoms with Crippen LogP contribution in [0.15, 0.2) is 30.3 Å². The average Bonchev–Trinajstić information content (AvgIpc) is 3.36. The van der Waals surface area contributed by atoms with Crippen LogP contribution in [0.1, 0.15) is 58.4 Å². The van der Waals surface area contributed by atoms with Crippen molar-refractivity contribution in [3.63, 3.8) is 0 Å². The monoisotopic (exact) mass is 359 g/mol. The number of carbonyl (C=O) groups excluding carboxylic acids is 2. The molecule has 2 rings (SSSR count). The summed E-state index contributed by atoms with van der Waals surface area (Å²) in [6.07, 6.45) is 2.85. The topological polar surface area (TPSA) is 80.4 Å². The SMILES string of the molecule is CC(C)(C)CC(=O)C(O)C(CC(=O)[C@@H](N)CC1CC1)Cc1ccccc1. The molecule has 2 unspecified atom stereocenters. The zero-order valence-electron chi connectivity index (χ0n) is 16.3. The van der Waals surface area contributed by atoms with Gasteiger partial charge in [0.05, 0.1) is 6.04 Å². The number of benzene rings is 1. The number of rotatable bonds is 10. The highest BCUT2D eigenvalue weighted by molar-refractivity contribution is 5.87. The first-order chi connectivity index (χ1) is 12.2. The molecule has 0 radical (unpaired) electrons. The maximum Gasteiger partial charge on any atom is 0.162 e. The lowest BCUT2D eigenvalue weighted by Crippen LogP contribution is -2.38. The van der Waals surface area contributed by atoms with Gasteiger partial charge < -0.3 is 10.8 Å². The quantitative estimate of drug-likeness (QED) is 0.672. The van der Waals surface area contributed by atoms with Crippen molar-refractivity contribution in [1.29, 1.82) is 0 Å². The fraction of sp³-hybridized carbons (Fsp3) is 0.636. The van der Waals surface area contributed by atoms with E-state index in [4.69, 9.17) is 5.73 Å². The maximum atomic E-state index is 12.6. The molecule has 4 nitrogen and oxygen atoms in total. The van der Waals surface area contributed by atoms with Crippen LogP contribution in [0.5, 0.6) is 0 Å². The zero-order chi connectivity index (χ0) is 19.3. The van der Waals surface area contributed by atoms with Crippen LogP contribution in [0.25, 0.3) is 0 Å². The normalized spacial score (nSPS) is 18.2. The third kappa shape index (κ3) is 7.00. The predicted octanol–water partition coefficient (Wildman–Crippen LogP) is 3.30. The molecule has 0 aromatic heterocycles. The summed E-state index contributed by atoms with van der Waals surface area (Å²) in [5, 5.41) is 10.7. The van der Waals surface area contributed by atoms with Crippen LogP contribution in [-0.2, 0) is 16.0 Å². The molecule has 144 valence electrons. The highest BCUT2D eigenvalue weighted by Gasteiger charge is 2.33. The molecule has 4 heteroatoms. The van der Waals surface area contributed by atoms with Gasteiger partial charge >= 0.3 is 0 Å². The second kappa shape index (κ2) is 8.92. The van der Waals surface area contributed by atoms with Crippen LogP contribution < -0.4 is 5.73 Å². The molecule has 1 aliphatic rings. The maximum absolute atomic E-state index is 12.6. The summed E-state index contributed by atoms with van der Waals surface area (Å²) in [6.45, 7) is 5.92. The van der Waals surface area contributed by atoms with Gasteiger partial charge in [0, 0.05) is 18.8 Å². The fourth-order valence-corrected chi connectivity index (χ4v) is 3.36. The minimum atomic E-state index is -1.13. The first-order valence-corrected chi connectivity index (χ1v) is 9.68. The van der Waals surface area contributed by atoms with E-state index in [-0.39, 0.29) is 23.4 Å². The van der Waals surface area contributed by atoms with E-state index in [1.165, 1.54) is 0 Å². The van der Waals surface area contributed by atoms with Crippen molar-refractivity contribution >= 4 is 11.6 Å². The Kier molecular flexibility index (Phi) is 7.13. The Morgan fingerprint density at radius 1 is 1.15 bits per heavy atom. The minimum Gasteiger partial charge on any atom is -0.385 e. The Morgan fingerprint density at radius 2 is 1.77 bits per heavy atom. The molecule has 3 N–H and O–H groups in total. The number of aliphatic hydroxyl groups excluding tert-OH is 1. The molecule has 1 saturated carbocycles. The number of hydrogen-bond donors (Lipinski definition) is 2. The second-order valence-corrected chi connectivity index (χ2v) is 9.05. The summed E-state index contributed by atoms with van der Waals surface area (Å²) in [7, 11) is 0. The highest BCUT2D eigenvalue weighted by Crippen LogP contribution is 2.34. The molecule has 1 aromatic rings. The Labute approximate surface area is 157 Å². The summed E-state index contributed by atoms with van der Waals surface area (Å²) in [4.78, 5) is 25.1. The fourth-order valence-electron chi connectivity index (χ4n) is 3.36. The number of carbonyl (C=O) groups is 2. The van der Waals surface area contributed by atoms with E-state index < -0.39 is 18.1 Å². The lowest BCUT2D eigenvalue weighted by Gasteiger charge is -2.26. The van der Waals surface area contributed by atoms with Crippen LogP contribution in [0, 0.1) is 17.3 Å². The molecule has 1 aliphatic carbocycles. The van der Waals surface area contributed by atoms with Gasteiger partial charge in [0.25, 0.3) is 0 Å². The zero-order valence-corrected chi connectivity index (χ0v) is 16.3. The van der Waals surface area contributed by atoms with Gasteiger partial charge in [0.15, 0.2) is 5.78 Å². The standard InChI is InChI=1S/C22H33NO3/c1-22(2,3)14-20(25)21(26)17(11-15-7-5-4-6-8-15)13-19(24)18(23)12-16-9-10-16/h4-8,16-18,21,26H,9-14,23H2,1-3H3/t17?,18-,21?/m0/s1. The molecular weight excluding hydrogens is 326 g/mol. The molecule has 0 heterocycles. The number of Topliss-reactive ketones (excluding diaryl/α,β-unsaturated/α-hetero) is 2. The smallest absolute Gasteiger partial charge is 0.162 e. The third-order valence-corrected chi connectivity index (χ3v) is 4.98. The Bertz CT molecular complexity index is 602. The molecule has 0 amide bonds. The molecular formula is C22H33NO3. The van der Waals surface area contributed by atoms with Crippen LogP contribution in [0.3, 0.4) is 0 Å². The van der Waals surface area contributed by atoms with E-state index in [1.807, 2.05) is 51.1 Å². The predicted molar refractivity (Wildman–Crippen MR) is 104 cm³/mol. The molecule has 0 spiro atoms. The Balaban J connectivity index is 2.06. The van der Waals surface area contributed by atoms with Crippen molar-refractivity contribution in [3.05, 3.63) is 35.9 Å².